The van der Waals surface area contributed by atoms with Gasteiger partial charge in [-0.3, -0.25) is 18.7 Å². The van der Waals surface area contributed by atoms with Crippen LogP contribution in [-0.2, 0) is 41.1 Å². The third-order valence-corrected chi connectivity index (χ3v) is 10.1. The molecule has 3 amide bonds. The monoisotopic (exact) mass is 656 g/mol. The summed E-state index contributed by atoms with van der Waals surface area (Å²) in [6, 6.07) is 26.4. The molecule has 3 atom stereocenters. The Balaban J connectivity index is 1.27. The van der Waals surface area contributed by atoms with E-state index in [1.807, 2.05) is 85.9 Å². The maximum Gasteiger partial charge on any atom is 0.410 e. The Morgan fingerprint density at radius 1 is 0.872 bits per heavy atom. The van der Waals surface area contributed by atoms with Crippen molar-refractivity contribution in [2.24, 2.45) is 0 Å². The van der Waals surface area contributed by atoms with Crippen molar-refractivity contribution in [3.05, 3.63) is 119 Å². The van der Waals surface area contributed by atoms with Gasteiger partial charge < -0.3 is 24.6 Å². The van der Waals surface area contributed by atoms with Crippen LogP contribution < -0.4 is 5.32 Å². The number of carbonyl (C=O) groups excluding carboxylic acids is 4. The number of nitrogens with zero attached hydrogens (tertiary/aromatic N) is 3. The molecule has 3 heterocycles. The highest BCUT2D eigenvalue weighted by molar-refractivity contribution is 7.86. The van der Waals surface area contributed by atoms with E-state index in [0.717, 1.165) is 10.5 Å². The van der Waals surface area contributed by atoms with Gasteiger partial charge in [0.1, 0.15) is 23.7 Å². The van der Waals surface area contributed by atoms with E-state index < -0.39 is 52.2 Å². The number of β-lactam (4-membered cyclic amide) rings is 1. The number of hydrogen-bond acceptors (Lipinski definition) is 8. The van der Waals surface area contributed by atoms with Crippen LogP contribution in [0.3, 0.4) is 0 Å². The summed E-state index contributed by atoms with van der Waals surface area (Å²) >= 11 is 0. The Hall–Kier alpha value is -4.81. The third kappa shape index (κ3) is 7.13. The first-order valence-corrected chi connectivity index (χ1v) is 16.8. The highest BCUT2D eigenvalue weighted by Gasteiger charge is 2.57. The molecule has 12 heteroatoms. The van der Waals surface area contributed by atoms with Gasteiger partial charge in [0, 0.05) is 31.8 Å². The molecule has 0 aliphatic carbocycles. The molecule has 3 aromatic carbocycles. The molecule has 6 rings (SSSR count). The number of piperazine rings is 1. The number of ether oxygens (including phenoxy) is 2. The molecule has 244 valence electrons. The first-order chi connectivity index (χ1) is 22.8. The van der Waals surface area contributed by atoms with Gasteiger partial charge >= 0.3 is 12.1 Å². The normalized spacial score (nSPS) is 21.1. The highest BCUT2D eigenvalue weighted by atomic mass is 32.2. The molecule has 0 spiro atoms. The number of nitrogens with one attached hydrogen (secondary N) is 1. The summed E-state index contributed by atoms with van der Waals surface area (Å²) in [7, 11) is 0.266. The Kier molecular flexibility index (Phi) is 9.79. The van der Waals surface area contributed by atoms with Gasteiger partial charge in [0.25, 0.3) is 5.91 Å². The molecule has 2 unspecified atom stereocenters. The SMILES string of the molecule is CN1CCN(C(=O)OCC2=C(C(=O)OC(c3ccccc3)c3ccccc3)N3C(=O)C(NC(=O)Cc4ccccc4)[C@H]3S(=O)C2)CC1. The molecule has 47 heavy (non-hydrogen) atoms. The van der Waals surface area contributed by atoms with Gasteiger partial charge in [-0.1, -0.05) is 91.0 Å². The van der Waals surface area contributed by atoms with Crippen LogP contribution in [0.2, 0.25) is 0 Å². The van der Waals surface area contributed by atoms with E-state index in [-0.39, 0.29) is 30.1 Å². The molecule has 0 saturated carbocycles. The number of amides is 3. The van der Waals surface area contributed by atoms with E-state index in [2.05, 4.69) is 10.2 Å². The van der Waals surface area contributed by atoms with Crippen LogP contribution in [0.4, 0.5) is 4.79 Å². The average Bonchev–Trinajstić information content (AvgIpc) is 3.09. The van der Waals surface area contributed by atoms with Crippen molar-refractivity contribution in [3.8, 4) is 0 Å². The van der Waals surface area contributed by atoms with Gasteiger partial charge in [0.05, 0.1) is 23.0 Å². The second-order valence-electron chi connectivity index (χ2n) is 11.7. The molecule has 11 nitrogen and oxygen atoms in total. The summed E-state index contributed by atoms with van der Waals surface area (Å²) in [5.41, 5.74) is 2.30. The summed E-state index contributed by atoms with van der Waals surface area (Å²) in [5.74, 6) is -1.95. The van der Waals surface area contributed by atoms with Crippen molar-refractivity contribution < 1.29 is 32.9 Å². The minimum atomic E-state index is -1.70. The van der Waals surface area contributed by atoms with Crippen LogP contribution >= 0.6 is 0 Å². The van der Waals surface area contributed by atoms with Gasteiger partial charge in [-0.25, -0.2) is 9.59 Å². The molecular weight excluding hydrogens is 620 g/mol. The van der Waals surface area contributed by atoms with Crippen molar-refractivity contribution in [1.82, 2.24) is 20.0 Å². The van der Waals surface area contributed by atoms with Crippen LogP contribution in [0.5, 0.6) is 0 Å². The molecule has 2 saturated heterocycles. The number of rotatable bonds is 9. The highest BCUT2D eigenvalue weighted by Crippen LogP contribution is 2.37. The van der Waals surface area contributed by atoms with Gasteiger partial charge in [0.2, 0.25) is 5.91 Å². The summed E-state index contributed by atoms with van der Waals surface area (Å²) in [6.45, 7) is 2.02. The lowest BCUT2D eigenvalue weighted by atomic mass is 10.0. The number of likely N-dealkylation sites (N-methyl/N-ethyl adjacent to an activating group) is 1. The first kappa shape index (κ1) is 32.1. The standard InChI is InChI=1S/C35H36N4O7S/c1-37-17-19-38(20-18-37)35(43)45-22-27-23-47(44)33-29(36-28(40)21-24-11-5-2-6-12-24)32(41)39(33)30(27)34(42)46-31(25-13-7-3-8-14-25)26-15-9-4-10-16-26/h2-16,29,31,33H,17-23H2,1H3,(H,36,40)/t29?,33-,47?/m1/s1. The van der Waals surface area contributed by atoms with Gasteiger partial charge in [-0.05, 0) is 23.7 Å². The Labute approximate surface area is 275 Å². The van der Waals surface area contributed by atoms with Crippen LogP contribution in [0.1, 0.15) is 22.8 Å². The molecule has 3 aliphatic rings. The first-order valence-electron chi connectivity index (χ1n) is 15.5. The Morgan fingerprint density at radius 3 is 2.04 bits per heavy atom. The van der Waals surface area contributed by atoms with Crippen molar-refractivity contribution in [1.29, 1.82) is 0 Å². The predicted octanol–water partition coefficient (Wildman–Crippen LogP) is 2.62. The predicted molar refractivity (Wildman–Crippen MR) is 174 cm³/mol. The summed E-state index contributed by atoms with van der Waals surface area (Å²) in [5, 5.41) is 1.74. The van der Waals surface area contributed by atoms with Crippen molar-refractivity contribution in [2.75, 3.05) is 45.6 Å². The number of benzene rings is 3. The third-order valence-electron chi connectivity index (χ3n) is 8.48. The largest absolute Gasteiger partial charge is 0.448 e. The van der Waals surface area contributed by atoms with E-state index >= 15 is 0 Å². The number of hydrogen-bond donors (Lipinski definition) is 1. The summed E-state index contributed by atoms with van der Waals surface area (Å²) < 4.78 is 25.3. The molecule has 3 aromatic rings. The molecule has 3 aliphatic heterocycles. The maximum absolute atomic E-state index is 14.1. The average molecular weight is 657 g/mol. The fraction of sp³-hybridized carbons (Fsp3) is 0.314. The lowest BCUT2D eigenvalue weighted by Gasteiger charge is -2.49. The minimum absolute atomic E-state index is 0.0397. The second-order valence-corrected chi connectivity index (χ2v) is 13.3. The van der Waals surface area contributed by atoms with E-state index in [4.69, 9.17) is 9.47 Å². The van der Waals surface area contributed by atoms with Crippen LogP contribution in [0.15, 0.2) is 102 Å². The zero-order chi connectivity index (χ0) is 32.9. The maximum atomic E-state index is 14.1. The molecule has 1 N–H and O–H groups in total. The van der Waals surface area contributed by atoms with Gasteiger partial charge in [-0.15, -0.1) is 0 Å². The van der Waals surface area contributed by atoms with Gasteiger partial charge in [-0.2, -0.15) is 0 Å². The lowest BCUT2D eigenvalue weighted by molar-refractivity contribution is -0.155. The van der Waals surface area contributed by atoms with Crippen molar-refractivity contribution >= 4 is 34.7 Å². The second kappa shape index (κ2) is 14.3. The Morgan fingerprint density at radius 2 is 1.45 bits per heavy atom. The number of carbonyl (C=O) groups is 4. The zero-order valence-electron chi connectivity index (χ0n) is 25.9. The van der Waals surface area contributed by atoms with Crippen molar-refractivity contribution in [2.45, 2.75) is 23.9 Å². The quantitative estimate of drug-likeness (QED) is 0.275. The van der Waals surface area contributed by atoms with Crippen LogP contribution in [-0.4, -0.2) is 99.8 Å². The summed E-state index contributed by atoms with van der Waals surface area (Å²) in [6.07, 6.45) is -1.33. The number of fused-ring (bicyclic) bond motifs is 1. The summed E-state index contributed by atoms with van der Waals surface area (Å²) in [4.78, 5) is 58.4. The van der Waals surface area contributed by atoms with Gasteiger partial charge in [0.15, 0.2) is 6.10 Å². The topological polar surface area (TPSA) is 126 Å². The minimum Gasteiger partial charge on any atom is -0.448 e. The molecular formula is C35H36N4O7S. The molecule has 0 aromatic heterocycles. The van der Waals surface area contributed by atoms with Crippen LogP contribution in [0, 0.1) is 0 Å². The van der Waals surface area contributed by atoms with E-state index in [1.54, 1.807) is 17.0 Å². The Bertz CT molecular complexity index is 1640. The number of esters is 1. The van der Waals surface area contributed by atoms with E-state index in [1.165, 1.54) is 0 Å². The lowest BCUT2D eigenvalue weighted by Crippen LogP contribution is -2.73. The van der Waals surface area contributed by atoms with E-state index in [0.29, 0.717) is 37.3 Å². The molecule has 0 radical (unpaired) electrons. The molecule has 0 bridgehead atoms. The zero-order valence-corrected chi connectivity index (χ0v) is 26.8. The van der Waals surface area contributed by atoms with Crippen molar-refractivity contribution in [3.63, 3.8) is 0 Å². The molecule has 2 fully saturated rings. The fourth-order valence-corrected chi connectivity index (χ4v) is 7.60. The van der Waals surface area contributed by atoms with E-state index in [9.17, 15) is 23.4 Å². The van der Waals surface area contributed by atoms with Crippen LogP contribution in [0.25, 0.3) is 0 Å². The smallest absolute Gasteiger partial charge is 0.410 e. The fourth-order valence-electron chi connectivity index (χ4n) is 5.93.